The van der Waals surface area contributed by atoms with Crippen molar-refractivity contribution in [3.63, 3.8) is 0 Å². The van der Waals surface area contributed by atoms with Crippen molar-refractivity contribution >= 4 is 28.4 Å². The first-order chi connectivity index (χ1) is 8.19. The van der Waals surface area contributed by atoms with Gasteiger partial charge in [0.05, 0.1) is 12.4 Å². The molecule has 9 heteroatoms. The van der Waals surface area contributed by atoms with Crippen LogP contribution in [0.3, 0.4) is 0 Å². The van der Waals surface area contributed by atoms with Crippen molar-refractivity contribution < 1.29 is 4.79 Å². The highest BCUT2D eigenvalue weighted by molar-refractivity contribution is 7.09. The Kier molecular flexibility index (Phi) is 3.21. The third-order valence-corrected chi connectivity index (χ3v) is 2.48. The Morgan fingerprint density at radius 1 is 1.41 bits per heavy atom. The van der Waals surface area contributed by atoms with Crippen LogP contribution in [-0.4, -0.2) is 25.2 Å². The Morgan fingerprint density at radius 2 is 2.24 bits per heavy atom. The third-order valence-electron chi connectivity index (χ3n) is 1.76. The van der Waals surface area contributed by atoms with Crippen molar-refractivity contribution in [1.29, 1.82) is 0 Å². The number of rotatable bonds is 3. The van der Waals surface area contributed by atoms with Gasteiger partial charge in [0, 0.05) is 11.5 Å². The zero-order chi connectivity index (χ0) is 12.3. The predicted molar refractivity (Wildman–Crippen MR) is 62.4 cm³/mol. The van der Waals surface area contributed by atoms with Gasteiger partial charge in [-0.15, -0.1) is 0 Å². The lowest BCUT2D eigenvalue weighted by Crippen LogP contribution is -2.16. The van der Waals surface area contributed by atoms with Crippen LogP contribution >= 0.6 is 11.5 Å². The summed E-state index contributed by atoms with van der Waals surface area (Å²) in [4.78, 5) is 23.5. The Hall–Kier alpha value is -2.13. The van der Waals surface area contributed by atoms with E-state index in [2.05, 4.69) is 30.1 Å². The molecule has 0 unspecified atom stereocenters. The molecule has 2 rings (SSSR count). The van der Waals surface area contributed by atoms with Crippen LogP contribution in [0, 0.1) is 6.92 Å². The summed E-state index contributed by atoms with van der Waals surface area (Å²) in [6.07, 6.45) is 2.75. The molecule has 0 fully saturated rings. The zero-order valence-electron chi connectivity index (χ0n) is 8.84. The smallest absolute Gasteiger partial charge is 0.277 e. The molecule has 2 aromatic rings. The van der Waals surface area contributed by atoms with Gasteiger partial charge in [-0.3, -0.25) is 15.1 Å². The molecule has 0 aliphatic carbocycles. The SMILES string of the molecule is Cc1nsc(NC(=O)c2cncc(NN)n2)n1. The van der Waals surface area contributed by atoms with E-state index in [1.807, 2.05) is 0 Å². The van der Waals surface area contributed by atoms with Gasteiger partial charge in [0.2, 0.25) is 5.13 Å². The van der Waals surface area contributed by atoms with Crippen LogP contribution in [0.4, 0.5) is 10.9 Å². The quantitative estimate of drug-likeness (QED) is 0.525. The average molecular weight is 251 g/mol. The Bertz CT molecular complexity index is 540. The van der Waals surface area contributed by atoms with Crippen LogP contribution < -0.4 is 16.6 Å². The maximum Gasteiger partial charge on any atom is 0.277 e. The van der Waals surface area contributed by atoms with Gasteiger partial charge in [0.15, 0.2) is 5.82 Å². The van der Waals surface area contributed by atoms with Crippen LogP contribution in [0.5, 0.6) is 0 Å². The largest absolute Gasteiger partial charge is 0.307 e. The van der Waals surface area contributed by atoms with Crippen LogP contribution in [0.15, 0.2) is 12.4 Å². The third kappa shape index (κ3) is 2.71. The number of carbonyl (C=O) groups is 1. The predicted octanol–water partition coefficient (Wildman–Crippen LogP) is 0.174. The number of hydrogen-bond donors (Lipinski definition) is 3. The van der Waals surface area contributed by atoms with E-state index in [-0.39, 0.29) is 5.69 Å². The van der Waals surface area contributed by atoms with Gasteiger partial charge >= 0.3 is 0 Å². The highest BCUT2D eigenvalue weighted by Crippen LogP contribution is 2.11. The second-order valence-corrected chi connectivity index (χ2v) is 3.79. The van der Waals surface area contributed by atoms with E-state index < -0.39 is 5.91 Å². The lowest BCUT2D eigenvalue weighted by molar-refractivity contribution is 0.102. The summed E-state index contributed by atoms with van der Waals surface area (Å²) in [5, 5.41) is 2.98. The highest BCUT2D eigenvalue weighted by atomic mass is 32.1. The molecule has 4 N–H and O–H groups in total. The summed E-state index contributed by atoms with van der Waals surface area (Å²) < 4.78 is 3.94. The molecule has 0 aromatic carbocycles. The number of aromatic nitrogens is 4. The summed E-state index contributed by atoms with van der Waals surface area (Å²) >= 11 is 1.10. The minimum atomic E-state index is -0.411. The number of amides is 1. The Labute approximate surface area is 100 Å². The van der Waals surface area contributed by atoms with Gasteiger partial charge in [-0.05, 0) is 6.92 Å². The number of nitrogen functional groups attached to an aromatic ring is 1. The standard InChI is InChI=1S/C8H9N7OS/c1-4-11-8(17-15-4)13-7(16)5-2-10-3-6(12-5)14-9/h2-3H,9H2,1H3,(H,12,14)(H,11,13,15,16). The molecule has 2 heterocycles. The Balaban J connectivity index is 2.14. The van der Waals surface area contributed by atoms with Gasteiger partial charge in [-0.2, -0.15) is 4.37 Å². The number of carbonyl (C=O) groups excluding carboxylic acids is 1. The molecule has 0 atom stereocenters. The first kappa shape index (κ1) is 11.4. The summed E-state index contributed by atoms with van der Waals surface area (Å²) in [5.41, 5.74) is 2.46. The van der Waals surface area contributed by atoms with Crippen molar-refractivity contribution in [3.05, 3.63) is 23.9 Å². The van der Waals surface area contributed by atoms with E-state index in [9.17, 15) is 4.79 Å². The fourth-order valence-electron chi connectivity index (χ4n) is 1.05. The van der Waals surface area contributed by atoms with Crippen LogP contribution in [-0.2, 0) is 0 Å². The van der Waals surface area contributed by atoms with Gasteiger partial charge in [0.1, 0.15) is 11.5 Å². The van der Waals surface area contributed by atoms with E-state index in [1.165, 1.54) is 12.4 Å². The van der Waals surface area contributed by atoms with Gasteiger partial charge in [-0.25, -0.2) is 15.8 Å². The van der Waals surface area contributed by atoms with Crippen LogP contribution in [0.25, 0.3) is 0 Å². The molecule has 88 valence electrons. The highest BCUT2D eigenvalue weighted by Gasteiger charge is 2.11. The molecule has 0 aliphatic heterocycles. The molecular formula is C8H9N7OS. The number of aryl methyl sites for hydroxylation is 1. The number of hydrogen-bond acceptors (Lipinski definition) is 8. The summed E-state index contributed by atoms with van der Waals surface area (Å²) in [5.74, 6) is 5.68. The molecule has 1 amide bonds. The first-order valence-electron chi connectivity index (χ1n) is 4.59. The van der Waals surface area contributed by atoms with E-state index in [0.717, 1.165) is 11.5 Å². The number of anilines is 2. The van der Waals surface area contributed by atoms with E-state index in [0.29, 0.717) is 16.8 Å². The van der Waals surface area contributed by atoms with Crippen molar-refractivity contribution in [2.75, 3.05) is 10.7 Å². The second kappa shape index (κ2) is 4.80. The van der Waals surface area contributed by atoms with E-state index in [1.54, 1.807) is 6.92 Å². The second-order valence-electron chi connectivity index (χ2n) is 3.03. The first-order valence-corrected chi connectivity index (χ1v) is 5.36. The maximum atomic E-state index is 11.7. The molecule has 17 heavy (non-hydrogen) atoms. The normalized spacial score (nSPS) is 10.0. The van der Waals surface area contributed by atoms with Crippen LogP contribution in [0.1, 0.15) is 16.3 Å². The minimum absolute atomic E-state index is 0.147. The molecule has 0 spiro atoms. The van der Waals surface area contributed by atoms with E-state index in [4.69, 9.17) is 5.84 Å². The van der Waals surface area contributed by atoms with Gasteiger partial charge in [-0.1, -0.05) is 0 Å². The number of nitrogens with two attached hydrogens (primary N) is 1. The average Bonchev–Trinajstić information content (AvgIpc) is 2.75. The molecule has 0 bridgehead atoms. The van der Waals surface area contributed by atoms with Gasteiger partial charge in [0.25, 0.3) is 5.91 Å². The molecule has 0 aliphatic rings. The molecule has 0 radical (unpaired) electrons. The molecule has 0 saturated heterocycles. The number of hydrazine groups is 1. The molecular weight excluding hydrogens is 242 g/mol. The van der Waals surface area contributed by atoms with E-state index >= 15 is 0 Å². The fraction of sp³-hybridized carbons (Fsp3) is 0.125. The monoisotopic (exact) mass is 251 g/mol. The number of nitrogens with zero attached hydrogens (tertiary/aromatic N) is 4. The van der Waals surface area contributed by atoms with Crippen molar-refractivity contribution in [3.8, 4) is 0 Å². The van der Waals surface area contributed by atoms with Crippen molar-refractivity contribution in [1.82, 2.24) is 19.3 Å². The summed E-state index contributed by atoms with van der Waals surface area (Å²) in [6, 6.07) is 0. The fourth-order valence-corrected chi connectivity index (χ4v) is 1.62. The Morgan fingerprint density at radius 3 is 2.88 bits per heavy atom. The summed E-state index contributed by atoms with van der Waals surface area (Å²) in [6.45, 7) is 1.74. The molecule has 2 aromatic heterocycles. The summed E-state index contributed by atoms with van der Waals surface area (Å²) in [7, 11) is 0. The topological polar surface area (TPSA) is 119 Å². The molecule has 0 saturated carbocycles. The molecule has 8 nitrogen and oxygen atoms in total. The van der Waals surface area contributed by atoms with Gasteiger partial charge < -0.3 is 5.43 Å². The lowest BCUT2D eigenvalue weighted by Gasteiger charge is -2.02. The van der Waals surface area contributed by atoms with Crippen molar-refractivity contribution in [2.45, 2.75) is 6.92 Å². The zero-order valence-corrected chi connectivity index (χ0v) is 9.65. The number of nitrogens with one attached hydrogen (secondary N) is 2. The lowest BCUT2D eigenvalue weighted by atomic mass is 10.4. The van der Waals surface area contributed by atoms with Crippen molar-refractivity contribution in [2.24, 2.45) is 5.84 Å². The van der Waals surface area contributed by atoms with Crippen LogP contribution in [0.2, 0.25) is 0 Å². The minimum Gasteiger partial charge on any atom is -0.307 e. The maximum absolute atomic E-state index is 11.7.